The molecule has 2 rings (SSSR count). The highest BCUT2D eigenvalue weighted by atomic mass is 79.9. The number of rotatable bonds is 2. The number of benzene rings is 1. The zero-order chi connectivity index (χ0) is 10.1. The van der Waals surface area contributed by atoms with Gasteiger partial charge in [0, 0.05) is 10.1 Å². The summed E-state index contributed by atoms with van der Waals surface area (Å²) in [6.07, 6.45) is 0. The number of hydrogen-bond donors (Lipinski definition) is 1. The van der Waals surface area contributed by atoms with E-state index in [1.165, 1.54) is 4.70 Å². The van der Waals surface area contributed by atoms with E-state index in [2.05, 4.69) is 40.7 Å². The first-order chi connectivity index (χ1) is 6.72. The van der Waals surface area contributed by atoms with Crippen LogP contribution in [0.25, 0.3) is 10.1 Å². The van der Waals surface area contributed by atoms with Crippen molar-refractivity contribution in [3.63, 3.8) is 0 Å². The van der Waals surface area contributed by atoms with E-state index in [-0.39, 0.29) is 0 Å². The molecule has 0 unspecified atom stereocenters. The fourth-order valence-electron chi connectivity index (χ4n) is 1.32. The summed E-state index contributed by atoms with van der Waals surface area (Å²) in [5, 5.41) is 1.15. The maximum absolute atomic E-state index is 5.47. The molecule has 0 aliphatic carbocycles. The summed E-state index contributed by atoms with van der Waals surface area (Å²) in [4.78, 5) is 0.923. The van der Waals surface area contributed by atoms with Gasteiger partial charge in [0.15, 0.2) is 0 Å². The third kappa shape index (κ3) is 1.78. The van der Waals surface area contributed by atoms with Crippen LogP contribution in [0.5, 0.6) is 5.75 Å². The Labute approximate surface area is 101 Å². The third-order valence-corrected chi connectivity index (χ3v) is 3.97. The molecule has 0 aliphatic rings. The molecule has 0 saturated heterocycles. The lowest BCUT2D eigenvalue weighted by Crippen LogP contribution is -1.91. The molecule has 1 nitrogen and oxygen atoms in total. The standard InChI is InChI=1S/C10H9BrOS2/c1-2-12-7-3-4-8-6(10(7)13)5-9(11)14-8/h3-5,13H,2H2,1H3. The van der Waals surface area contributed by atoms with Crippen LogP contribution in [0.1, 0.15) is 6.92 Å². The molecule has 0 bridgehead atoms. The molecular weight excluding hydrogens is 280 g/mol. The number of fused-ring (bicyclic) bond motifs is 1. The van der Waals surface area contributed by atoms with Crippen LogP contribution in [0, 0.1) is 0 Å². The Kier molecular flexibility index (Phi) is 3.04. The van der Waals surface area contributed by atoms with Crippen molar-refractivity contribution in [3.8, 4) is 5.75 Å². The normalized spacial score (nSPS) is 10.8. The molecule has 0 aliphatic heterocycles. The van der Waals surface area contributed by atoms with Crippen molar-refractivity contribution in [2.75, 3.05) is 6.61 Å². The second-order valence-electron chi connectivity index (χ2n) is 2.81. The van der Waals surface area contributed by atoms with Gasteiger partial charge in [-0.05, 0) is 41.1 Å². The van der Waals surface area contributed by atoms with Crippen molar-refractivity contribution in [2.45, 2.75) is 11.8 Å². The highest BCUT2D eigenvalue weighted by molar-refractivity contribution is 9.11. The van der Waals surface area contributed by atoms with E-state index in [1.54, 1.807) is 11.3 Å². The van der Waals surface area contributed by atoms with E-state index in [9.17, 15) is 0 Å². The fourth-order valence-corrected chi connectivity index (χ4v) is 3.26. The number of ether oxygens (including phenoxy) is 1. The number of halogens is 1. The minimum Gasteiger partial charge on any atom is -0.493 e. The molecule has 0 N–H and O–H groups in total. The molecule has 0 fully saturated rings. The van der Waals surface area contributed by atoms with Crippen LogP contribution < -0.4 is 4.74 Å². The zero-order valence-electron chi connectivity index (χ0n) is 7.58. The molecule has 4 heteroatoms. The van der Waals surface area contributed by atoms with Gasteiger partial charge in [-0.2, -0.15) is 0 Å². The molecule has 0 radical (unpaired) electrons. The molecule has 74 valence electrons. The molecule has 0 amide bonds. The predicted molar refractivity (Wildman–Crippen MR) is 67.9 cm³/mol. The Morgan fingerprint density at radius 1 is 1.50 bits per heavy atom. The third-order valence-electron chi connectivity index (χ3n) is 1.91. The Balaban J connectivity index is 2.61. The lowest BCUT2D eigenvalue weighted by Gasteiger charge is -2.06. The van der Waals surface area contributed by atoms with Gasteiger partial charge in [-0.1, -0.05) is 0 Å². The van der Waals surface area contributed by atoms with Crippen LogP contribution in [-0.2, 0) is 0 Å². The van der Waals surface area contributed by atoms with E-state index < -0.39 is 0 Å². The van der Waals surface area contributed by atoms with E-state index in [1.807, 2.05) is 13.0 Å². The maximum atomic E-state index is 5.47. The number of hydrogen-bond acceptors (Lipinski definition) is 3. The molecule has 1 heterocycles. The Bertz CT molecular complexity index is 464. The lowest BCUT2D eigenvalue weighted by atomic mass is 10.2. The summed E-state index contributed by atoms with van der Waals surface area (Å²) in [5.41, 5.74) is 0. The largest absolute Gasteiger partial charge is 0.493 e. The first kappa shape index (κ1) is 10.3. The van der Waals surface area contributed by atoms with Gasteiger partial charge < -0.3 is 4.74 Å². The monoisotopic (exact) mass is 288 g/mol. The SMILES string of the molecule is CCOc1ccc2sc(Br)cc2c1S. The summed E-state index contributed by atoms with van der Waals surface area (Å²) in [5.74, 6) is 0.855. The van der Waals surface area contributed by atoms with Crippen molar-refractivity contribution in [2.24, 2.45) is 0 Å². The molecule has 14 heavy (non-hydrogen) atoms. The number of thiol groups is 1. The van der Waals surface area contributed by atoms with E-state index >= 15 is 0 Å². The quantitative estimate of drug-likeness (QED) is 0.809. The van der Waals surface area contributed by atoms with E-state index in [0.717, 1.165) is 19.8 Å². The van der Waals surface area contributed by atoms with Gasteiger partial charge in [0.1, 0.15) is 5.75 Å². The second kappa shape index (κ2) is 4.13. The van der Waals surface area contributed by atoms with Crippen LogP contribution in [0.2, 0.25) is 0 Å². The topological polar surface area (TPSA) is 9.23 Å². The molecule has 1 aromatic carbocycles. The Hall–Kier alpha value is -0.190. The van der Waals surface area contributed by atoms with E-state index in [4.69, 9.17) is 4.74 Å². The van der Waals surface area contributed by atoms with Gasteiger partial charge in [-0.3, -0.25) is 0 Å². The van der Waals surface area contributed by atoms with Crippen molar-refractivity contribution in [1.82, 2.24) is 0 Å². The first-order valence-electron chi connectivity index (χ1n) is 4.26. The summed E-state index contributed by atoms with van der Waals surface area (Å²) >= 11 is 9.64. The van der Waals surface area contributed by atoms with Crippen LogP contribution in [-0.4, -0.2) is 6.61 Å². The van der Waals surface area contributed by atoms with Gasteiger partial charge in [0.2, 0.25) is 0 Å². The average molecular weight is 289 g/mol. The van der Waals surface area contributed by atoms with Gasteiger partial charge in [0.25, 0.3) is 0 Å². The fraction of sp³-hybridized carbons (Fsp3) is 0.200. The smallest absolute Gasteiger partial charge is 0.133 e. The summed E-state index contributed by atoms with van der Waals surface area (Å²) in [6.45, 7) is 2.64. The van der Waals surface area contributed by atoms with Gasteiger partial charge >= 0.3 is 0 Å². The number of thiophene rings is 1. The van der Waals surface area contributed by atoms with Crippen LogP contribution in [0.3, 0.4) is 0 Å². The highest BCUT2D eigenvalue weighted by Gasteiger charge is 2.07. The van der Waals surface area contributed by atoms with E-state index in [0.29, 0.717) is 6.61 Å². The summed E-state index contributed by atoms with van der Waals surface area (Å²) in [6, 6.07) is 6.11. The Morgan fingerprint density at radius 3 is 3.00 bits per heavy atom. The molecule has 0 atom stereocenters. The van der Waals surface area contributed by atoms with Crippen molar-refractivity contribution in [3.05, 3.63) is 22.0 Å². The van der Waals surface area contributed by atoms with Gasteiger partial charge in [-0.15, -0.1) is 24.0 Å². The summed E-state index contributed by atoms with van der Waals surface area (Å²) < 4.78 is 7.82. The van der Waals surface area contributed by atoms with Gasteiger partial charge in [0.05, 0.1) is 15.3 Å². The minimum atomic E-state index is 0.671. The minimum absolute atomic E-state index is 0.671. The first-order valence-corrected chi connectivity index (χ1v) is 6.32. The Morgan fingerprint density at radius 2 is 2.29 bits per heavy atom. The molecule has 0 spiro atoms. The summed E-state index contributed by atoms with van der Waals surface area (Å²) in [7, 11) is 0. The lowest BCUT2D eigenvalue weighted by molar-refractivity contribution is 0.333. The van der Waals surface area contributed by atoms with Crippen LogP contribution in [0.15, 0.2) is 26.9 Å². The zero-order valence-corrected chi connectivity index (χ0v) is 10.9. The van der Waals surface area contributed by atoms with Crippen molar-refractivity contribution >= 4 is 50.0 Å². The molecule has 1 aromatic heterocycles. The molecule has 0 saturated carbocycles. The predicted octanol–water partition coefficient (Wildman–Crippen LogP) is 4.35. The van der Waals surface area contributed by atoms with Crippen LogP contribution >= 0.6 is 39.9 Å². The average Bonchev–Trinajstić information content (AvgIpc) is 2.52. The van der Waals surface area contributed by atoms with Crippen LogP contribution in [0.4, 0.5) is 0 Å². The maximum Gasteiger partial charge on any atom is 0.133 e. The molecule has 2 aromatic rings. The highest BCUT2D eigenvalue weighted by Crippen LogP contribution is 2.37. The second-order valence-corrected chi connectivity index (χ2v) is 5.72. The van der Waals surface area contributed by atoms with Crippen molar-refractivity contribution in [1.29, 1.82) is 0 Å². The molecular formula is C10H9BrOS2. The van der Waals surface area contributed by atoms with Gasteiger partial charge in [-0.25, -0.2) is 0 Å². The van der Waals surface area contributed by atoms with Crippen molar-refractivity contribution < 1.29 is 4.74 Å².